The molecule has 1 unspecified atom stereocenters. The smallest absolute Gasteiger partial charge is 0.219 e. The second kappa shape index (κ2) is 8.41. The molecule has 9 heteroatoms. The maximum atomic E-state index is 12.0. The molecule has 9 nitrogen and oxygen atoms in total. The average Bonchev–Trinajstić information content (AvgIpc) is 3.30. The van der Waals surface area contributed by atoms with Crippen LogP contribution >= 0.6 is 0 Å². The monoisotopic (exact) mass is 472 g/mol. The van der Waals surface area contributed by atoms with Crippen LogP contribution < -0.4 is 9.64 Å². The fourth-order valence-electron chi connectivity index (χ4n) is 5.33. The van der Waals surface area contributed by atoms with E-state index in [4.69, 9.17) is 14.2 Å². The Balaban J connectivity index is 1.54. The molecule has 3 aromatic heterocycles. The number of hydrogen-bond acceptors (Lipinski definition) is 7. The summed E-state index contributed by atoms with van der Waals surface area (Å²) in [6, 6.07) is 9.94. The molecule has 0 radical (unpaired) electrons. The Morgan fingerprint density at radius 3 is 2.71 bits per heavy atom. The lowest BCUT2D eigenvalue weighted by Gasteiger charge is -2.31. The van der Waals surface area contributed by atoms with E-state index in [9.17, 15) is 4.79 Å². The molecular weight excluding hydrogens is 444 g/mol. The topological polar surface area (TPSA) is 89.5 Å². The highest BCUT2D eigenvalue weighted by Crippen LogP contribution is 2.45. The Kier molecular flexibility index (Phi) is 5.20. The number of aromatic nitrogens is 4. The van der Waals surface area contributed by atoms with Gasteiger partial charge in [-0.05, 0) is 44.5 Å². The molecule has 5 heterocycles. The average molecular weight is 473 g/mol. The van der Waals surface area contributed by atoms with Gasteiger partial charge in [0.25, 0.3) is 0 Å². The van der Waals surface area contributed by atoms with Crippen LogP contribution in [0.4, 0.5) is 5.95 Å². The van der Waals surface area contributed by atoms with Gasteiger partial charge in [-0.25, -0.2) is 4.98 Å². The summed E-state index contributed by atoms with van der Waals surface area (Å²) in [5, 5.41) is 4.16. The number of rotatable bonds is 3. The standard InChI is InChI=1S/C26H28N6O3/c1-16-23(17(2)35-29-16)19-8-9-21-24-25(19)34-15-22(20-7-4-5-10-27-20)32(24)26(28-21)31-12-6-11-30(13-14-31)18(3)33/h4-5,7-10,22H,6,11-15H2,1-3H3. The predicted octanol–water partition coefficient (Wildman–Crippen LogP) is 3.74. The number of imidazole rings is 1. The van der Waals surface area contributed by atoms with E-state index in [0.717, 1.165) is 77.1 Å². The first-order chi connectivity index (χ1) is 17.0. The van der Waals surface area contributed by atoms with Gasteiger partial charge in [0.1, 0.15) is 23.9 Å². The Hall–Kier alpha value is -3.88. The van der Waals surface area contributed by atoms with Crippen LogP contribution in [0.15, 0.2) is 41.1 Å². The van der Waals surface area contributed by atoms with Gasteiger partial charge >= 0.3 is 0 Å². The van der Waals surface area contributed by atoms with E-state index in [2.05, 4.69) is 19.6 Å². The molecule has 35 heavy (non-hydrogen) atoms. The number of carbonyl (C=O) groups is 1. The fourth-order valence-corrected chi connectivity index (χ4v) is 5.33. The quantitative estimate of drug-likeness (QED) is 0.449. The summed E-state index contributed by atoms with van der Waals surface area (Å²) in [6.45, 7) is 8.95. The number of pyridine rings is 1. The van der Waals surface area contributed by atoms with Crippen LogP contribution in [-0.2, 0) is 4.79 Å². The Labute approximate surface area is 203 Å². The molecule has 0 aliphatic carbocycles. The fraction of sp³-hybridized carbons (Fsp3) is 0.385. The highest BCUT2D eigenvalue weighted by atomic mass is 16.5. The summed E-state index contributed by atoms with van der Waals surface area (Å²) in [7, 11) is 0. The SMILES string of the molecule is CC(=O)N1CCCN(c2nc3ccc(-c4c(C)noc4C)c4c3n2C(c2ccccn2)CO4)CC1. The van der Waals surface area contributed by atoms with Crippen LogP contribution in [0.2, 0.25) is 0 Å². The predicted molar refractivity (Wildman–Crippen MR) is 132 cm³/mol. The van der Waals surface area contributed by atoms with Crippen molar-refractivity contribution < 1.29 is 14.1 Å². The maximum absolute atomic E-state index is 12.0. The first-order valence-electron chi connectivity index (χ1n) is 12.1. The maximum Gasteiger partial charge on any atom is 0.219 e. The van der Waals surface area contributed by atoms with Crippen molar-refractivity contribution in [3.05, 3.63) is 53.7 Å². The molecule has 1 atom stereocenters. The van der Waals surface area contributed by atoms with Gasteiger partial charge in [0.2, 0.25) is 11.9 Å². The molecular formula is C26H28N6O3. The van der Waals surface area contributed by atoms with Crippen LogP contribution in [-0.4, -0.2) is 63.3 Å². The van der Waals surface area contributed by atoms with Crippen molar-refractivity contribution in [2.24, 2.45) is 0 Å². The van der Waals surface area contributed by atoms with E-state index < -0.39 is 0 Å². The molecule has 0 N–H and O–H groups in total. The van der Waals surface area contributed by atoms with Crippen molar-refractivity contribution in [1.82, 2.24) is 24.6 Å². The normalized spacial score (nSPS) is 18.0. The lowest BCUT2D eigenvalue weighted by molar-refractivity contribution is -0.128. The second-order valence-corrected chi connectivity index (χ2v) is 9.22. The minimum absolute atomic E-state index is 0.115. The number of anilines is 1. The van der Waals surface area contributed by atoms with Gasteiger partial charge in [0, 0.05) is 44.9 Å². The number of carbonyl (C=O) groups excluding carboxylic acids is 1. The number of amides is 1. The molecule has 1 aromatic carbocycles. The van der Waals surface area contributed by atoms with Crippen molar-refractivity contribution in [1.29, 1.82) is 0 Å². The van der Waals surface area contributed by atoms with Crippen LogP contribution in [0.25, 0.3) is 22.2 Å². The summed E-state index contributed by atoms with van der Waals surface area (Å²) in [5.41, 5.74) is 5.50. The number of benzene rings is 1. The summed E-state index contributed by atoms with van der Waals surface area (Å²) >= 11 is 0. The summed E-state index contributed by atoms with van der Waals surface area (Å²) in [5.74, 6) is 2.56. The van der Waals surface area contributed by atoms with Crippen molar-refractivity contribution >= 4 is 22.9 Å². The molecule has 4 aromatic rings. The van der Waals surface area contributed by atoms with Crippen LogP contribution in [0.5, 0.6) is 5.75 Å². The molecule has 0 spiro atoms. The van der Waals surface area contributed by atoms with E-state index in [0.29, 0.717) is 13.2 Å². The van der Waals surface area contributed by atoms with Gasteiger partial charge in [-0.1, -0.05) is 11.2 Å². The largest absolute Gasteiger partial charge is 0.488 e. The molecule has 2 aliphatic rings. The molecule has 1 amide bonds. The Bertz CT molecular complexity index is 1390. The molecule has 1 fully saturated rings. The minimum atomic E-state index is -0.115. The first-order valence-corrected chi connectivity index (χ1v) is 12.1. The number of nitrogens with zero attached hydrogens (tertiary/aromatic N) is 6. The van der Waals surface area contributed by atoms with E-state index in [1.165, 1.54) is 0 Å². The van der Waals surface area contributed by atoms with Crippen molar-refractivity contribution in [3.8, 4) is 16.9 Å². The lowest BCUT2D eigenvalue weighted by atomic mass is 10.0. The molecule has 0 bridgehead atoms. The van der Waals surface area contributed by atoms with E-state index in [1.807, 2.05) is 55.3 Å². The highest BCUT2D eigenvalue weighted by molar-refractivity contribution is 5.94. The van der Waals surface area contributed by atoms with E-state index in [1.54, 1.807) is 6.92 Å². The number of ether oxygens (including phenoxy) is 1. The number of hydrogen-bond donors (Lipinski definition) is 0. The molecule has 1 saturated heterocycles. The zero-order valence-corrected chi connectivity index (χ0v) is 20.2. The summed E-state index contributed by atoms with van der Waals surface area (Å²) in [4.78, 5) is 26.0. The first kappa shape index (κ1) is 21.6. The van der Waals surface area contributed by atoms with Gasteiger partial charge in [0.05, 0.1) is 22.5 Å². The molecule has 180 valence electrons. The van der Waals surface area contributed by atoms with Gasteiger partial charge in [-0.3, -0.25) is 14.3 Å². The summed E-state index contributed by atoms with van der Waals surface area (Å²) in [6.07, 6.45) is 2.71. The third-order valence-corrected chi connectivity index (χ3v) is 7.04. The van der Waals surface area contributed by atoms with Gasteiger partial charge in [0.15, 0.2) is 5.75 Å². The highest BCUT2D eigenvalue weighted by Gasteiger charge is 2.34. The number of aryl methyl sites for hydroxylation is 2. The molecule has 2 aliphatic heterocycles. The zero-order chi connectivity index (χ0) is 24.1. The van der Waals surface area contributed by atoms with Crippen molar-refractivity contribution in [2.45, 2.75) is 33.2 Å². The van der Waals surface area contributed by atoms with E-state index in [-0.39, 0.29) is 11.9 Å². The second-order valence-electron chi connectivity index (χ2n) is 9.22. The van der Waals surface area contributed by atoms with Gasteiger partial charge in [-0.15, -0.1) is 0 Å². The van der Waals surface area contributed by atoms with Crippen molar-refractivity contribution in [2.75, 3.05) is 37.7 Å². The van der Waals surface area contributed by atoms with Crippen LogP contribution in [0.1, 0.15) is 36.5 Å². The van der Waals surface area contributed by atoms with Crippen molar-refractivity contribution in [3.63, 3.8) is 0 Å². The van der Waals surface area contributed by atoms with Crippen LogP contribution in [0, 0.1) is 13.8 Å². The van der Waals surface area contributed by atoms with Gasteiger partial charge in [-0.2, -0.15) is 0 Å². The Morgan fingerprint density at radius 2 is 1.97 bits per heavy atom. The third-order valence-electron chi connectivity index (χ3n) is 7.04. The van der Waals surface area contributed by atoms with Gasteiger partial charge < -0.3 is 19.1 Å². The zero-order valence-electron chi connectivity index (χ0n) is 20.2. The summed E-state index contributed by atoms with van der Waals surface area (Å²) < 4.78 is 14.2. The lowest BCUT2D eigenvalue weighted by Crippen LogP contribution is -2.35. The Morgan fingerprint density at radius 1 is 1.09 bits per heavy atom. The third kappa shape index (κ3) is 3.53. The van der Waals surface area contributed by atoms with Crippen LogP contribution in [0.3, 0.4) is 0 Å². The minimum Gasteiger partial charge on any atom is -0.488 e. The molecule has 0 saturated carbocycles. The van der Waals surface area contributed by atoms with E-state index >= 15 is 0 Å². The molecule has 6 rings (SSSR count).